The standard InChI is InChI=1S/C15H20Br2N2O2/c1-19-6-3-4-11(5-7-19)18-14-12(15(20)21-2)8-10(16)9-13(14)17/h8-9,11,18H,3-7H2,1-2H3. The molecule has 4 nitrogen and oxygen atoms in total. The Morgan fingerprint density at radius 1 is 1.33 bits per heavy atom. The van der Waals surface area contributed by atoms with Gasteiger partial charge in [-0.05, 0) is 67.5 Å². The molecule has 0 aliphatic carbocycles. The smallest absolute Gasteiger partial charge is 0.340 e. The van der Waals surface area contributed by atoms with E-state index in [1.807, 2.05) is 6.07 Å². The summed E-state index contributed by atoms with van der Waals surface area (Å²) in [7, 11) is 3.55. The molecule has 1 saturated heterocycles. The summed E-state index contributed by atoms with van der Waals surface area (Å²) in [5.74, 6) is -0.328. The minimum atomic E-state index is -0.328. The third kappa shape index (κ3) is 4.44. The van der Waals surface area contributed by atoms with Gasteiger partial charge in [0.1, 0.15) is 0 Å². The van der Waals surface area contributed by atoms with Crippen LogP contribution >= 0.6 is 31.9 Å². The first-order chi connectivity index (χ1) is 10.0. The van der Waals surface area contributed by atoms with Gasteiger partial charge >= 0.3 is 5.97 Å². The Morgan fingerprint density at radius 3 is 2.81 bits per heavy atom. The Morgan fingerprint density at radius 2 is 2.10 bits per heavy atom. The second kappa shape index (κ2) is 7.61. The van der Waals surface area contributed by atoms with Crippen molar-refractivity contribution < 1.29 is 9.53 Å². The van der Waals surface area contributed by atoms with E-state index in [0.29, 0.717) is 11.6 Å². The van der Waals surface area contributed by atoms with E-state index in [4.69, 9.17) is 4.74 Å². The molecule has 116 valence electrons. The molecule has 6 heteroatoms. The number of ether oxygens (including phenoxy) is 1. The molecule has 1 heterocycles. The van der Waals surface area contributed by atoms with Gasteiger partial charge in [0.25, 0.3) is 0 Å². The maximum atomic E-state index is 12.0. The molecule has 1 atom stereocenters. The third-order valence-electron chi connectivity index (χ3n) is 3.76. The average molecular weight is 420 g/mol. The maximum absolute atomic E-state index is 12.0. The monoisotopic (exact) mass is 418 g/mol. The zero-order valence-electron chi connectivity index (χ0n) is 12.3. The molecule has 1 unspecified atom stereocenters. The van der Waals surface area contributed by atoms with Crippen molar-refractivity contribution in [1.29, 1.82) is 0 Å². The zero-order chi connectivity index (χ0) is 15.4. The van der Waals surface area contributed by atoms with Crippen molar-refractivity contribution in [3.05, 3.63) is 26.6 Å². The number of anilines is 1. The first-order valence-corrected chi connectivity index (χ1v) is 8.62. The normalized spacial score (nSPS) is 19.9. The molecule has 1 aromatic rings. The van der Waals surface area contributed by atoms with Gasteiger partial charge in [-0.25, -0.2) is 4.79 Å². The molecule has 1 aromatic carbocycles. The Balaban J connectivity index is 2.24. The summed E-state index contributed by atoms with van der Waals surface area (Å²) in [5, 5.41) is 3.53. The predicted octanol–water partition coefficient (Wildman–Crippen LogP) is 3.89. The Labute approximate surface area is 142 Å². The van der Waals surface area contributed by atoms with E-state index in [2.05, 4.69) is 49.1 Å². The highest BCUT2D eigenvalue weighted by Gasteiger charge is 2.20. The van der Waals surface area contributed by atoms with Crippen LogP contribution in [0.1, 0.15) is 29.6 Å². The summed E-state index contributed by atoms with van der Waals surface area (Å²) < 4.78 is 6.61. The number of nitrogens with one attached hydrogen (secondary N) is 1. The molecule has 1 aliphatic rings. The number of methoxy groups -OCH3 is 1. The van der Waals surface area contributed by atoms with Gasteiger partial charge in [0.2, 0.25) is 0 Å². The fourth-order valence-corrected chi connectivity index (χ4v) is 3.92. The SMILES string of the molecule is COC(=O)c1cc(Br)cc(Br)c1NC1CCCN(C)CC1. The van der Waals surface area contributed by atoms with Crippen LogP contribution in [0.15, 0.2) is 21.1 Å². The maximum Gasteiger partial charge on any atom is 0.340 e. The molecule has 0 radical (unpaired) electrons. The molecular weight excluding hydrogens is 400 g/mol. The number of esters is 1. The Hall–Kier alpha value is -0.590. The van der Waals surface area contributed by atoms with Crippen molar-refractivity contribution in [2.24, 2.45) is 0 Å². The summed E-state index contributed by atoms with van der Waals surface area (Å²) in [4.78, 5) is 14.3. The van der Waals surface area contributed by atoms with Gasteiger partial charge < -0.3 is 15.0 Å². The first kappa shape index (κ1) is 16.8. The Bertz CT molecular complexity index is 523. The van der Waals surface area contributed by atoms with Crippen LogP contribution in [-0.4, -0.2) is 44.2 Å². The van der Waals surface area contributed by atoms with Gasteiger partial charge in [-0.2, -0.15) is 0 Å². The van der Waals surface area contributed by atoms with Crippen LogP contribution in [0.5, 0.6) is 0 Å². The molecular formula is C15H20Br2N2O2. The van der Waals surface area contributed by atoms with Gasteiger partial charge in [-0.1, -0.05) is 15.9 Å². The van der Waals surface area contributed by atoms with Crippen molar-refractivity contribution in [3.8, 4) is 0 Å². The van der Waals surface area contributed by atoms with Crippen LogP contribution in [-0.2, 0) is 4.74 Å². The quantitative estimate of drug-likeness (QED) is 0.754. The third-order valence-corrected chi connectivity index (χ3v) is 4.84. The molecule has 0 saturated carbocycles. The Kier molecular flexibility index (Phi) is 6.08. The van der Waals surface area contributed by atoms with Crippen molar-refractivity contribution >= 4 is 43.5 Å². The number of carbonyl (C=O) groups is 1. The highest BCUT2D eigenvalue weighted by atomic mass is 79.9. The van der Waals surface area contributed by atoms with E-state index in [0.717, 1.165) is 47.0 Å². The lowest BCUT2D eigenvalue weighted by Crippen LogP contribution is -2.24. The molecule has 1 aliphatic heterocycles. The second-order valence-corrected chi connectivity index (χ2v) is 7.15. The molecule has 1 fully saturated rings. The fourth-order valence-electron chi connectivity index (χ4n) is 2.58. The second-order valence-electron chi connectivity index (χ2n) is 5.38. The van der Waals surface area contributed by atoms with Gasteiger partial charge in [0, 0.05) is 15.0 Å². The molecule has 1 N–H and O–H groups in total. The predicted molar refractivity (Wildman–Crippen MR) is 91.9 cm³/mol. The minimum absolute atomic E-state index is 0.328. The summed E-state index contributed by atoms with van der Waals surface area (Å²) in [6, 6.07) is 4.11. The van der Waals surface area contributed by atoms with Gasteiger partial charge in [-0.3, -0.25) is 0 Å². The molecule has 21 heavy (non-hydrogen) atoms. The van der Waals surface area contributed by atoms with Gasteiger partial charge in [0.15, 0.2) is 0 Å². The molecule has 0 amide bonds. The molecule has 0 bridgehead atoms. The van der Waals surface area contributed by atoms with E-state index in [1.165, 1.54) is 7.11 Å². The number of carbonyl (C=O) groups excluding carboxylic acids is 1. The van der Waals surface area contributed by atoms with E-state index in [1.54, 1.807) is 6.07 Å². The van der Waals surface area contributed by atoms with Crippen LogP contribution in [0.25, 0.3) is 0 Å². The highest BCUT2D eigenvalue weighted by molar-refractivity contribution is 9.11. The van der Waals surface area contributed by atoms with Crippen LogP contribution in [0.3, 0.4) is 0 Å². The topological polar surface area (TPSA) is 41.6 Å². The largest absolute Gasteiger partial charge is 0.465 e. The lowest BCUT2D eigenvalue weighted by molar-refractivity contribution is 0.0601. The number of hydrogen-bond acceptors (Lipinski definition) is 4. The molecule has 0 aromatic heterocycles. The lowest BCUT2D eigenvalue weighted by atomic mass is 10.1. The minimum Gasteiger partial charge on any atom is -0.465 e. The first-order valence-electron chi connectivity index (χ1n) is 7.03. The van der Waals surface area contributed by atoms with Crippen molar-refractivity contribution in [2.45, 2.75) is 25.3 Å². The number of halogens is 2. The lowest BCUT2D eigenvalue weighted by Gasteiger charge is -2.21. The van der Waals surface area contributed by atoms with E-state index in [-0.39, 0.29) is 5.97 Å². The zero-order valence-corrected chi connectivity index (χ0v) is 15.5. The highest BCUT2D eigenvalue weighted by Crippen LogP contribution is 2.32. The summed E-state index contributed by atoms with van der Waals surface area (Å²) in [6.07, 6.45) is 3.34. The number of benzene rings is 1. The number of rotatable bonds is 3. The fraction of sp³-hybridized carbons (Fsp3) is 0.533. The number of hydrogen-bond donors (Lipinski definition) is 1. The van der Waals surface area contributed by atoms with Crippen molar-refractivity contribution in [3.63, 3.8) is 0 Å². The summed E-state index contributed by atoms with van der Waals surface area (Å²) in [5.41, 5.74) is 1.37. The number of nitrogens with zero attached hydrogens (tertiary/aromatic N) is 1. The van der Waals surface area contributed by atoms with Crippen molar-refractivity contribution in [2.75, 3.05) is 32.6 Å². The van der Waals surface area contributed by atoms with Gasteiger partial charge in [-0.15, -0.1) is 0 Å². The van der Waals surface area contributed by atoms with E-state index in [9.17, 15) is 4.79 Å². The van der Waals surface area contributed by atoms with Crippen LogP contribution < -0.4 is 5.32 Å². The van der Waals surface area contributed by atoms with Crippen LogP contribution in [0.2, 0.25) is 0 Å². The van der Waals surface area contributed by atoms with Crippen molar-refractivity contribution in [1.82, 2.24) is 4.90 Å². The molecule has 0 spiro atoms. The van der Waals surface area contributed by atoms with Crippen LogP contribution in [0, 0.1) is 0 Å². The van der Waals surface area contributed by atoms with Gasteiger partial charge in [0.05, 0.1) is 18.4 Å². The van der Waals surface area contributed by atoms with E-state index >= 15 is 0 Å². The summed E-state index contributed by atoms with van der Waals surface area (Å²) >= 11 is 6.96. The molecule has 2 rings (SSSR count). The van der Waals surface area contributed by atoms with Crippen LogP contribution in [0.4, 0.5) is 5.69 Å². The average Bonchev–Trinajstić information content (AvgIpc) is 2.65. The summed E-state index contributed by atoms with van der Waals surface area (Å²) in [6.45, 7) is 2.20. The van der Waals surface area contributed by atoms with E-state index < -0.39 is 0 Å². The number of likely N-dealkylation sites (tertiary alicyclic amines) is 1.